The summed E-state index contributed by atoms with van der Waals surface area (Å²) in [5.74, 6) is 1.10. The van der Waals surface area contributed by atoms with Crippen molar-refractivity contribution in [1.82, 2.24) is 25.3 Å². The summed E-state index contributed by atoms with van der Waals surface area (Å²) in [4.78, 5) is 28.5. The Morgan fingerprint density at radius 3 is 2.81 bits per heavy atom. The number of halogens is 1. The zero-order valence-corrected chi connectivity index (χ0v) is 19.1. The fraction of sp³-hybridized carbons (Fsp3) is 0.333. The van der Waals surface area contributed by atoms with Crippen molar-refractivity contribution in [3.8, 4) is 11.3 Å². The van der Waals surface area contributed by atoms with E-state index in [1.165, 1.54) is 12.5 Å². The number of aryl methyl sites for hydroxylation is 1. The van der Waals surface area contributed by atoms with Crippen molar-refractivity contribution < 1.29 is 9.21 Å². The highest BCUT2D eigenvalue weighted by molar-refractivity contribution is 5.91. The van der Waals surface area contributed by atoms with Crippen molar-refractivity contribution in [2.75, 3.05) is 7.05 Å². The van der Waals surface area contributed by atoms with Gasteiger partial charge < -0.3 is 14.7 Å². The molecule has 0 fully saturated rings. The Kier molecular flexibility index (Phi) is 8.14. The van der Waals surface area contributed by atoms with Gasteiger partial charge in [-0.2, -0.15) is 0 Å². The van der Waals surface area contributed by atoms with Crippen LogP contribution in [0.5, 0.6) is 0 Å². The number of benzene rings is 1. The van der Waals surface area contributed by atoms with E-state index in [4.69, 9.17) is 4.42 Å². The first-order chi connectivity index (χ1) is 15.1. The molecule has 0 unspecified atom stereocenters. The van der Waals surface area contributed by atoms with Crippen LogP contribution in [0.25, 0.3) is 22.2 Å². The number of nitrogens with zero attached hydrogens (tertiary/aromatic N) is 3. The number of ketones is 1. The molecule has 0 aliphatic rings. The second-order valence-corrected chi connectivity index (χ2v) is 7.74. The number of Topliss-reactive ketones (excluding diaryl/α,β-unsaturated/α-hetero) is 1. The Balaban J connectivity index is 0.00000289. The highest BCUT2D eigenvalue weighted by atomic mass is 35.5. The Morgan fingerprint density at radius 2 is 2.03 bits per heavy atom. The van der Waals surface area contributed by atoms with Crippen LogP contribution in [0.3, 0.4) is 0 Å². The molecule has 3 heterocycles. The molecule has 1 aromatic carbocycles. The minimum absolute atomic E-state index is 0. The lowest BCUT2D eigenvalue weighted by Gasteiger charge is -2.13. The Morgan fingerprint density at radius 1 is 1.16 bits per heavy atom. The van der Waals surface area contributed by atoms with E-state index < -0.39 is 0 Å². The van der Waals surface area contributed by atoms with E-state index in [9.17, 15) is 4.79 Å². The third kappa shape index (κ3) is 5.60. The molecule has 0 bridgehead atoms. The first kappa shape index (κ1) is 23.6. The average Bonchev–Trinajstić information content (AvgIpc) is 3.48. The standard InChI is InChI=1S/C24H27N5O2.ClH/c1-16-8-9-17-14-18(10-11-19(17)28-16)21-15-27-23(29-21)20(25-2)6-4-3-5-7-22(30)24-26-12-13-31-24;/h8-15,20,25H,3-7H2,1-2H3,(H,27,29);1H/t20-;/m0./s1. The molecule has 3 aromatic heterocycles. The van der Waals surface area contributed by atoms with Crippen LogP contribution in [0.1, 0.15) is 60.3 Å². The lowest BCUT2D eigenvalue weighted by atomic mass is 10.1. The molecule has 0 radical (unpaired) electrons. The van der Waals surface area contributed by atoms with Gasteiger partial charge in [0.2, 0.25) is 5.78 Å². The van der Waals surface area contributed by atoms with Crippen LogP contribution in [0, 0.1) is 6.92 Å². The summed E-state index contributed by atoms with van der Waals surface area (Å²) in [6, 6.07) is 10.5. The first-order valence-electron chi connectivity index (χ1n) is 10.7. The second kappa shape index (κ2) is 11.0. The SMILES string of the molecule is CN[C@@H](CCCCCC(=O)c1ncco1)c1ncc(-c2ccc3nc(C)ccc3c2)[nH]1.Cl. The summed E-state index contributed by atoms with van der Waals surface area (Å²) in [6.07, 6.45) is 9.01. The lowest BCUT2D eigenvalue weighted by molar-refractivity contribution is 0.0945. The molecule has 0 amide bonds. The van der Waals surface area contributed by atoms with E-state index in [2.05, 4.69) is 43.5 Å². The third-order valence-electron chi connectivity index (χ3n) is 5.48. The molecule has 32 heavy (non-hydrogen) atoms. The molecule has 0 aliphatic carbocycles. The molecule has 1 atom stereocenters. The number of carbonyl (C=O) groups is 1. The zero-order chi connectivity index (χ0) is 21.6. The number of fused-ring (bicyclic) bond motifs is 1. The van der Waals surface area contributed by atoms with Crippen LogP contribution in [0.2, 0.25) is 0 Å². The van der Waals surface area contributed by atoms with Gasteiger partial charge >= 0.3 is 0 Å². The number of carbonyl (C=O) groups excluding carboxylic acids is 1. The maximum absolute atomic E-state index is 11.9. The number of oxazole rings is 1. The average molecular weight is 454 g/mol. The van der Waals surface area contributed by atoms with Crippen molar-refractivity contribution in [3.05, 3.63) is 66.4 Å². The summed E-state index contributed by atoms with van der Waals surface area (Å²) in [7, 11) is 1.95. The molecule has 8 heteroatoms. The number of aromatic amines is 1. The first-order valence-corrected chi connectivity index (χ1v) is 10.7. The number of aromatic nitrogens is 4. The third-order valence-corrected chi connectivity index (χ3v) is 5.48. The molecule has 2 N–H and O–H groups in total. The highest BCUT2D eigenvalue weighted by Crippen LogP contribution is 2.25. The van der Waals surface area contributed by atoms with Gasteiger partial charge in [0.15, 0.2) is 0 Å². The number of H-pyrrole nitrogens is 1. The van der Waals surface area contributed by atoms with E-state index in [1.54, 1.807) is 0 Å². The summed E-state index contributed by atoms with van der Waals surface area (Å²) in [5, 5.41) is 4.46. The predicted molar refractivity (Wildman–Crippen MR) is 127 cm³/mol. The van der Waals surface area contributed by atoms with Crippen LogP contribution in [-0.2, 0) is 0 Å². The summed E-state index contributed by atoms with van der Waals surface area (Å²) < 4.78 is 5.05. The van der Waals surface area contributed by atoms with Crippen LogP contribution >= 0.6 is 12.4 Å². The molecule has 0 spiro atoms. The Bertz CT molecular complexity index is 1160. The number of unbranched alkanes of at least 4 members (excludes halogenated alkanes) is 2. The molecule has 4 aromatic rings. The summed E-state index contributed by atoms with van der Waals surface area (Å²) in [5.41, 5.74) is 4.10. The predicted octanol–water partition coefficient (Wildman–Crippen LogP) is 5.44. The van der Waals surface area contributed by atoms with Gasteiger partial charge in [-0.05, 0) is 45.0 Å². The number of hydrogen-bond acceptors (Lipinski definition) is 6. The fourth-order valence-corrected chi connectivity index (χ4v) is 3.75. The van der Waals surface area contributed by atoms with E-state index in [1.807, 2.05) is 32.3 Å². The smallest absolute Gasteiger partial charge is 0.263 e. The van der Waals surface area contributed by atoms with Gasteiger partial charge in [0.05, 0.1) is 29.6 Å². The number of pyridine rings is 1. The fourth-order valence-electron chi connectivity index (χ4n) is 3.75. The molecule has 0 saturated carbocycles. The number of imidazole rings is 1. The molecule has 4 rings (SSSR count). The molecule has 0 aliphatic heterocycles. The molecular formula is C24H28ClN5O2. The second-order valence-electron chi connectivity index (χ2n) is 7.74. The van der Waals surface area contributed by atoms with Crippen molar-refractivity contribution in [3.63, 3.8) is 0 Å². The number of rotatable bonds is 10. The van der Waals surface area contributed by atoms with Crippen molar-refractivity contribution in [2.45, 2.75) is 45.1 Å². The van der Waals surface area contributed by atoms with Gasteiger partial charge in [-0.15, -0.1) is 12.4 Å². The van der Waals surface area contributed by atoms with Gasteiger partial charge in [-0.25, -0.2) is 9.97 Å². The molecule has 0 saturated heterocycles. The van der Waals surface area contributed by atoms with Gasteiger partial charge in [0.25, 0.3) is 5.89 Å². The van der Waals surface area contributed by atoms with Crippen molar-refractivity contribution in [2.24, 2.45) is 0 Å². The van der Waals surface area contributed by atoms with Crippen LogP contribution in [-0.4, -0.2) is 32.8 Å². The monoisotopic (exact) mass is 453 g/mol. The van der Waals surface area contributed by atoms with Gasteiger partial charge in [0.1, 0.15) is 12.1 Å². The summed E-state index contributed by atoms with van der Waals surface area (Å²) >= 11 is 0. The number of hydrogen-bond donors (Lipinski definition) is 2. The van der Waals surface area contributed by atoms with E-state index >= 15 is 0 Å². The quantitative estimate of drug-likeness (QED) is 0.245. The van der Waals surface area contributed by atoms with Crippen LogP contribution in [0.4, 0.5) is 0 Å². The van der Waals surface area contributed by atoms with Gasteiger partial charge in [0, 0.05) is 23.1 Å². The van der Waals surface area contributed by atoms with Crippen LogP contribution in [0.15, 0.2) is 53.4 Å². The molecular weight excluding hydrogens is 426 g/mol. The largest absolute Gasteiger partial charge is 0.442 e. The number of nitrogens with one attached hydrogen (secondary N) is 2. The summed E-state index contributed by atoms with van der Waals surface area (Å²) in [6.45, 7) is 2.00. The lowest BCUT2D eigenvalue weighted by Crippen LogP contribution is -2.17. The zero-order valence-electron chi connectivity index (χ0n) is 18.3. The van der Waals surface area contributed by atoms with Crippen molar-refractivity contribution in [1.29, 1.82) is 0 Å². The topological polar surface area (TPSA) is 96.7 Å². The van der Waals surface area contributed by atoms with Crippen LogP contribution < -0.4 is 5.32 Å². The Hall–Kier alpha value is -3.03. The minimum Gasteiger partial charge on any atom is -0.442 e. The Labute approximate surface area is 193 Å². The van der Waals surface area contributed by atoms with Crippen molar-refractivity contribution >= 4 is 29.1 Å². The highest BCUT2D eigenvalue weighted by Gasteiger charge is 2.15. The molecule has 7 nitrogen and oxygen atoms in total. The van der Waals surface area contributed by atoms with Gasteiger partial charge in [-0.1, -0.05) is 25.0 Å². The maximum atomic E-state index is 11.9. The van der Waals surface area contributed by atoms with E-state index in [0.29, 0.717) is 6.42 Å². The van der Waals surface area contributed by atoms with E-state index in [0.717, 1.165) is 59.4 Å². The van der Waals surface area contributed by atoms with E-state index in [-0.39, 0.29) is 30.1 Å². The molecule has 168 valence electrons. The minimum atomic E-state index is -0.0356. The van der Waals surface area contributed by atoms with Gasteiger partial charge in [-0.3, -0.25) is 9.78 Å². The normalized spacial score (nSPS) is 11.9. The maximum Gasteiger partial charge on any atom is 0.263 e.